The van der Waals surface area contributed by atoms with Crippen LogP contribution in [-0.2, 0) is 4.79 Å². The molecule has 4 nitrogen and oxygen atoms in total. The Labute approximate surface area is 77.9 Å². The standard InChI is InChI=1S/C9H15N3O/c1-6(10)8-5-12(7(2)13)4-3-9(8)11/h11H,3-5,10H2,1-2H3/b8-6-,11-9?. The zero-order chi connectivity index (χ0) is 10.0. The van der Waals surface area contributed by atoms with E-state index in [2.05, 4.69) is 0 Å². The topological polar surface area (TPSA) is 70.2 Å². The summed E-state index contributed by atoms with van der Waals surface area (Å²) in [6.45, 7) is 4.45. The summed E-state index contributed by atoms with van der Waals surface area (Å²) in [6.07, 6.45) is 0.615. The molecule has 0 aromatic carbocycles. The first-order valence-electron chi connectivity index (χ1n) is 4.31. The van der Waals surface area contributed by atoms with Gasteiger partial charge >= 0.3 is 0 Å². The molecule has 0 unspecified atom stereocenters. The van der Waals surface area contributed by atoms with Gasteiger partial charge in [-0.15, -0.1) is 0 Å². The van der Waals surface area contributed by atoms with E-state index in [1.807, 2.05) is 0 Å². The number of nitrogens with one attached hydrogen (secondary N) is 1. The second-order valence-corrected chi connectivity index (χ2v) is 3.33. The smallest absolute Gasteiger partial charge is 0.219 e. The van der Waals surface area contributed by atoms with Gasteiger partial charge in [-0.1, -0.05) is 0 Å². The molecule has 72 valence electrons. The number of piperidine rings is 1. The molecule has 0 spiro atoms. The molecule has 0 aromatic rings. The second-order valence-electron chi connectivity index (χ2n) is 3.33. The molecule has 1 fully saturated rings. The van der Waals surface area contributed by atoms with Crippen LogP contribution in [0.2, 0.25) is 0 Å². The van der Waals surface area contributed by atoms with Crippen molar-refractivity contribution in [3.05, 3.63) is 11.3 Å². The predicted octanol–water partition coefficient (Wildman–Crippen LogP) is 0.491. The zero-order valence-electron chi connectivity index (χ0n) is 8.05. The first-order valence-corrected chi connectivity index (χ1v) is 4.31. The Morgan fingerprint density at radius 2 is 2.15 bits per heavy atom. The monoisotopic (exact) mass is 181 g/mol. The lowest BCUT2D eigenvalue weighted by atomic mass is 10.0. The van der Waals surface area contributed by atoms with Gasteiger partial charge in [0.1, 0.15) is 0 Å². The van der Waals surface area contributed by atoms with Crippen molar-refractivity contribution in [3.63, 3.8) is 0 Å². The Kier molecular flexibility index (Phi) is 2.70. The minimum absolute atomic E-state index is 0.0475. The summed E-state index contributed by atoms with van der Waals surface area (Å²) in [4.78, 5) is 12.8. The first kappa shape index (κ1) is 9.77. The number of hydrogen-bond acceptors (Lipinski definition) is 3. The van der Waals surface area contributed by atoms with Gasteiger partial charge in [0, 0.05) is 43.4 Å². The molecule has 0 aromatic heterocycles. The molecular formula is C9H15N3O. The maximum Gasteiger partial charge on any atom is 0.219 e. The molecule has 3 N–H and O–H groups in total. The number of carbonyl (C=O) groups excluding carboxylic acids is 1. The minimum atomic E-state index is 0.0475. The van der Waals surface area contributed by atoms with Gasteiger partial charge < -0.3 is 16.0 Å². The number of amides is 1. The highest BCUT2D eigenvalue weighted by atomic mass is 16.2. The van der Waals surface area contributed by atoms with Gasteiger partial charge in [0.15, 0.2) is 0 Å². The van der Waals surface area contributed by atoms with E-state index in [1.54, 1.807) is 18.7 Å². The number of carbonyl (C=O) groups is 1. The van der Waals surface area contributed by atoms with Crippen LogP contribution in [0.5, 0.6) is 0 Å². The summed E-state index contributed by atoms with van der Waals surface area (Å²) in [5.41, 5.74) is 7.64. The van der Waals surface area contributed by atoms with E-state index >= 15 is 0 Å². The quantitative estimate of drug-likeness (QED) is 0.571. The summed E-state index contributed by atoms with van der Waals surface area (Å²) >= 11 is 0. The van der Waals surface area contributed by atoms with E-state index in [9.17, 15) is 4.79 Å². The number of rotatable bonds is 0. The van der Waals surface area contributed by atoms with Crippen LogP contribution in [0.1, 0.15) is 20.3 Å². The summed E-state index contributed by atoms with van der Waals surface area (Å²) < 4.78 is 0. The van der Waals surface area contributed by atoms with E-state index in [-0.39, 0.29) is 5.91 Å². The van der Waals surface area contributed by atoms with Gasteiger partial charge in [0.05, 0.1) is 0 Å². The Morgan fingerprint density at radius 3 is 2.62 bits per heavy atom. The van der Waals surface area contributed by atoms with E-state index in [4.69, 9.17) is 11.1 Å². The highest BCUT2D eigenvalue weighted by Crippen LogP contribution is 2.14. The lowest BCUT2D eigenvalue weighted by Crippen LogP contribution is -2.39. The zero-order valence-corrected chi connectivity index (χ0v) is 8.05. The van der Waals surface area contributed by atoms with Crippen LogP contribution in [0, 0.1) is 5.41 Å². The first-order chi connectivity index (χ1) is 6.02. The Morgan fingerprint density at radius 1 is 1.54 bits per heavy atom. The Balaban J connectivity index is 2.81. The predicted molar refractivity (Wildman–Crippen MR) is 51.5 cm³/mol. The van der Waals surface area contributed by atoms with E-state index in [1.165, 1.54) is 0 Å². The van der Waals surface area contributed by atoms with Crippen molar-refractivity contribution in [1.82, 2.24) is 4.90 Å². The number of hydrogen-bond donors (Lipinski definition) is 2. The summed E-state index contributed by atoms with van der Waals surface area (Å²) in [5, 5.41) is 7.63. The summed E-state index contributed by atoms with van der Waals surface area (Å²) in [6, 6.07) is 0. The Hall–Kier alpha value is -1.32. The molecule has 0 saturated carbocycles. The molecule has 0 aliphatic carbocycles. The van der Waals surface area contributed by atoms with Crippen molar-refractivity contribution in [2.45, 2.75) is 20.3 Å². The van der Waals surface area contributed by atoms with E-state index in [0.717, 1.165) is 5.57 Å². The average molecular weight is 181 g/mol. The number of likely N-dealkylation sites (tertiary alicyclic amines) is 1. The SMILES string of the molecule is CC(=O)N1CCC(=N)/C(=C(/C)N)C1. The second kappa shape index (κ2) is 3.60. The molecule has 1 aliphatic heterocycles. The van der Waals surface area contributed by atoms with Gasteiger partial charge in [-0.05, 0) is 6.92 Å². The van der Waals surface area contributed by atoms with Crippen LogP contribution >= 0.6 is 0 Å². The normalized spacial score (nSPS) is 21.7. The maximum absolute atomic E-state index is 11.1. The number of nitrogens with zero attached hydrogens (tertiary/aromatic N) is 1. The molecule has 1 aliphatic rings. The highest BCUT2D eigenvalue weighted by molar-refractivity contribution is 6.00. The molecule has 13 heavy (non-hydrogen) atoms. The Bertz CT molecular complexity index is 277. The van der Waals surface area contributed by atoms with Crippen LogP contribution in [0.4, 0.5) is 0 Å². The summed E-state index contributed by atoms with van der Waals surface area (Å²) in [5.74, 6) is 0.0475. The third kappa shape index (κ3) is 2.08. The van der Waals surface area contributed by atoms with Crippen molar-refractivity contribution in [2.75, 3.05) is 13.1 Å². The van der Waals surface area contributed by atoms with E-state index in [0.29, 0.717) is 30.9 Å². The van der Waals surface area contributed by atoms with E-state index < -0.39 is 0 Å². The molecule has 0 atom stereocenters. The maximum atomic E-state index is 11.1. The molecule has 1 rings (SSSR count). The van der Waals surface area contributed by atoms with Gasteiger partial charge in [-0.3, -0.25) is 4.79 Å². The molecule has 1 heterocycles. The third-order valence-corrected chi connectivity index (χ3v) is 2.27. The largest absolute Gasteiger partial charge is 0.402 e. The fourth-order valence-corrected chi connectivity index (χ4v) is 1.39. The van der Waals surface area contributed by atoms with Crippen molar-refractivity contribution in [2.24, 2.45) is 5.73 Å². The highest BCUT2D eigenvalue weighted by Gasteiger charge is 2.21. The molecule has 4 heteroatoms. The van der Waals surface area contributed by atoms with Crippen molar-refractivity contribution < 1.29 is 4.79 Å². The van der Waals surface area contributed by atoms with Crippen molar-refractivity contribution in [1.29, 1.82) is 5.41 Å². The number of nitrogens with two attached hydrogens (primary N) is 1. The van der Waals surface area contributed by atoms with Crippen molar-refractivity contribution in [3.8, 4) is 0 Å². The molecule has 1 amide bonds. The van der Waals surface area contributed by atoms with Crippen LogP contribution in [0.3, 0.4) is 0 Å². The van der Waals surface area contributed by atoms with Gasteiger partial charge in [-0.2, -0.15) is 0 Å². The van der Waals surface area contributed by atoms with Crippen molar-refractivity contribution >= 4 is 11.6 Å². The lowest BCUT2D eigenvalue weighted by molar-refractivity contribution is -0.128. The third-order valence-electron chi connectivity index (χ3n) is 2.27. The fourth-order valence-electron chi connectivity index (χ4n) is 1.39. The van der Waals surface area contributed by atoms with Crippen LogP contribution in [0.25, 0.3) is 0 Å². The average Bonchev–Trinajstić information content (AvgIpc) is 2.04. The summed E-state index contributed by atoms with van der Waals surface area (Å²) in [7, 11) is 0. The molecule has 1 saturated heterocycles. The van der Waals surface area contributed by atoms with Crippen LogP contribution < -0.4 is 5.73 Å². The van der Waals surface area contributed by atoms with Gasteiger partial charge in [0.2, 0.25) is 5.91 Å². The molecular weight excluding hydrogens is 166 g/mol. The van der Waals surface area contributed by atoms with Crippen LogP contribution in [-0.4, -0.2) is 29.6 Å². The fraction of sp³-hybridized carbons (Fsp3) is 0.556. The molecule has 0 radical (unpaired) electrons. The lowest BCUT2D eigenvalue weighted by Gasteiger charge is -2.28. The molecule has 0 bridgehead atoms. The minimum Gasteiger partial charge on any atom is -0.402 e. The van der Waals surface area contributed by atoms with Gasteiger partial charge in [0.25, 0.3) is 0 Å². The van der Waals surface area contributed by atoms with Crippen LogP contribution in [0.15, 0.2) is 11.3 Å². The number of allylic oxidation sites excluding steroid dienone is 1. The van der Waals surface area contributed by atoms with Gasteiger partial charge in [-0.25, -0.2) is 0 Å².